The van der Waals surface area contributed by atoms with E-state index in [1.54, 1.807) is 5.38 Å². The van der Waals surface area contributed by atoms with Crippen LogP contribution in [0.2, 0.25) is 0 Å². The highest BCUT2D eigenvalue weighted by molar-refractivity contribution is 9.10. The standard InChI is InChI=1S/C12H13BrFN3O2S2/c1-6(2)10-5-20-12(16-10)17-21(18,19)11-3-7(13)8(14)4-9(11)15/h3-6H,15H2,1-2H3,(H,16,17). The van der Waals surface area contributed by atoms with Crippen molar-refractivity contribution in [3.63, 3.8) is 0 Å². The van der Waals surface area contributed by atoms with Crippen LogP contribution in [0.25, 0.3) is 0 Å². The topological polar surface area (TPSA) is 85.1 Å². The third-order valence-corrected chi connectivity index (χ3v) is 5.58. The molecule has 0 aliphatic carbocycles. The van der Waals surface area contributed by atoms with Crippen molar-refractivity contribution in [2.24, 2.45) is 0 Å². The summed E-state index contributed by atoms with van der Waals surface area (Å²) in [6.07, 6.45) is 0. The van der Waals surface area contributed by atoms with Crippen LogP contribution in [-0.2, 0) is 10.0 Å². The molecule has 2 aromatic rings. The van der Waals surface area contributed by atoms with E-state index in [9.17, 15) is 12.8 Å². The highest BCUT2D eigenvalue weighted by Gasteiger charge is 2.21. The van der Waals surface area contributed by atoms with E-state index in [-0.39, 0.29) is 26.1 Å². The minimum atomic E-state index is -3.92. The Morgan fingerprint density at radius 1 is 1.43 bits per heavy atom. The Morgan fingerprint density at radius 2 is 2.10 bits per heavy atom. The normalized spacial score (nSPS) is 11.9. The Bertz CT molecular complexity index is 775. The summed E-state index contributed by atoms with van der Waals surface area (Å²) in [4.78, 5) is 3.99. The lowest BCUT2D eigenvalue weighted by molar-refractivity contribution is 0.599. The van der Waals surface area contributed by atoms with Crippen molar-refractivity contribution in [2.45, 2.75) is 24.7 Å². The molecule has 5 nitrogen and oxygen atoms in total. The number of nitrogens with one attached hydrogen (secondary N) is 1. The zero-order chi connectivity index (χ0) is 15.8. The van der Waals surface area contributed by atoms with Gasteiger partial charge >= 0.3 is 0 Å². The average molecular weight is 394 g/mol. The predicted molar refractivity (Wildman–Crippen MR) is 85.5 cm³/mol. The Balaban J connectivity index is 2.36. The summed E-state index contributed by atoms with van der Waals surface area (Å²) in [7, 11) is -3.92. The number of rotatable bonds is 4. The molecule has 0 saturated heterocycles. The van der Waals surface area contributed by atoms with Crippen molar-refractivity contribution in [1.29, 1.82) is 0 Å². The summed E-state index contributed by atoms with van der Waals surface area (Å²) in [5.74, 6) is -0.424. The van der Waals surface area contributed by atoms with Crippen LogP contribution in [0.15, 0.2) is 26.9 Å². The number of sulfonamides is 1. The van der Waals surface area contributed by atoms with Crippen LogP contribution in [0.3, 0.4) is 0 Å². The van der Waals surface area contributed by atoms with Gasteiger partial charge < -0.3 is 5.73 Å². The third-order valence-electron chi connectivity index (χ3n) is 2.68. The number of anilines is 2. The molecule has 0 spiro atoms. The Labute approximate surface area is 134 Å². The van der Waals surface area contributed by atoms with E-state index in [1.807, 2.05) is 13.8 Å². The van der Waals surface area contributed by atoms with Gasteiger partial charge in [0.05, 0.1) is 15.9 Å². The van der Waals surface area contributed by atoms with E-state index in [2.05, 4.69) is 25.6 Å². The van der Waals surface area contributed by atoms with Crippen LogP contribution in [0.5, 0.6) is 0 Å². The number of benzene rings is 1. The van der Waals surface area contributed by atoms with E-state index in [0.717, 1.165) is 17.8 Å². The van der Waals surface area contributed by atoms with Gasteiger partial charge in [-0.3, -0.25) is 4.72 Å². The van der Waals surface area contributed by atoms with E-state index < -0.39 is 15.8 Å². The monoisotopic (exact) mass is 393 g/mol. The first-order valence-corrected chi connectivity index (χ1v) is 9.09. The zero-order valence-corrected chi connectivity index (χ0v) is 14.4. The number of hydrogen-bond acceptors (Lipinski definition) is 5. The number of halogens is 2. The van der Waals surface area contributed by atoms with Gasteiger partial charge in [-0.25, -0.2) is 17.8 Å². The van der Waals surface area contributed by atoms with Crippen LogP contribution in [0.1, 0.15) is 25.5 Å². The smallest absolute Gasteiger partial charge is 0.265 e. The van der Waals surface area contributed by atoms with E-state index in [0.29, 0.717) is 0 Å². The highest BCUT2D eigenvalue weighted by atomic mass is 79.9. The molecular weight excluding hydrogens is 381 g/mol. The number of nitrogens with zero attached hydrogens (tertiary/aromatic N) is 1. The molecule has 0 unspecified atom stereocenters. The van der Waals surface area contributed by atoms with Crippen molar-refractivity contribution < 1.29 is 12.8 Å². The summed E-state index contributed by atoms with van der Waals surface area (Å²) in [6, 6.07) is 2.09. The molecule has 0 saturated carbocycles. The molecule has 0 amide bonds. The molecule has 9 heteroatoms. The quantitative estimate of drug-likeness (QED) is 0.777. The fourth-order valence-corrected chi connectivity index (χ4v) is 4.30. The van der Waals surface area contributed by atoms with Gasteiger partial charge in [-0.1, -0.05) is 13.8 Å². The SMILES string of the molecule is CC(C)c1csc(NS(=O)(=O)c2cc(Br)c(F)cc2N)n1. The Kier molecular flexibility index (Phi) is 4.54. The van der Waals surface area contributed by atoms with Gasteiger partial charge in [-0.05, 0) is 34.0 Å². The van der Waals surface area contributed by atoms with Gasteiger partial charge in [0.2, 0.25) is 0 Å². The van der Waals surface area contributed by atoms with Crippen LogP contribution in [0, 0.1) is 5.82 Å². The fraction of sp³-hybridized carbons (Fsp3) is 0.250. The maximum atomic E-state index is 13.3. The van der Waals surface area contributed by atoms with Gasteiger partial charge in [0.1, 0.15) is 10.7 Å². The molecule has 0 bridgehead atoms. The molecule has 2 rings (SSSR count). The molecular formula is C12H13BrFN3O2S2. The second kappa shape index (κ2) is 5.90. The number of aromatic nitrogens is 1. The summed E-state index contributed by atoms with van der Waals surface area (Å²) in [5, 5.41) is 2.03. The first kappa shape index (κ1) is 16.2. The van der Waals surface area contributed by atoms with Gasteiger partial charge in [-0.2, -0.15) is 0 Å². The maximum absolute atomic E-state index is 13.3. The fourth-order valence-electron chi connectivity index (χ4n) is 1.54. The summed E-state index contributed by atoms with van der Waals surface area (Å²) >= 11 is 4.13. The minimum absolute atomic E-state index is 0.0269. The van der Waals surface area contributed by atoms with Gasteiger partial charge in [-0.15, -0.1) is 11.3 Å². The average Bonchev–Trinajstić information content (AvgIpc) is 2.81. The molecule has 0 radical (unpaired) electrons. The zero-order valence-electron chi connectivity index (χ0n) is 11.2. The van der Waals surface area contributed by atoms with Crippen molar-refractivity contribution in [3.05, 3.63) is 33.5 Å². The highest BCUT2D eigenvalue weighted by Crippen LogP contribution is 2.29. The number of nitrogen functional groups attached to an aromatic ring is 1. The van der Waals surface area contributed by atoms with Crippen molar-refractivity contribution in [1.82, 2.24) is 4.98 Å². The molecule has 0 aliphatic heterocycles. The molecule has 3 N–H and O–H groups in total. The molecule has 1 aromatic carbocycles. The van der Waals surface area contributed by atoms with E-state index in [1.165, 1.54) is 11.3 Å². The van der Waals surface area contributed by atoms with Crippen LogP contribution >= 0.6 is 27.3 Å². The first-order valence-electron chi connectivity index (χ1n) is 5.93. The van der Waals surface area contributed by atoms with Crippen molar-refractivity contribution in [2.75, 3.05) is 10.5 Å². The van der Waals surface area contributed by atoms with Crippen LogP contribution < -0.4 is 10.5 Å². The van der Waals surface area contributed by atoms with Gasteiger partial charge in [0.15, 0.2) is 5.13 Å². The summed E-state index contributed by atoms with van der Waals surface area (Å²) in [5.41, 5.74) is 6.22. The molecule has 1 heterocycles. The second-order valence-electron chi connectivity index (χ2n) is 4.64. The van der Waals surface area contributed by atoms with Crippen LogP contribution in [-0.4, -0.2) is 13.4 Å². The predicted octanol–water partition coefficient (Wildman–Crippen LogP) is 3.55. The van der Waals surface area contributed by atoms with Crippen molar-refractivity contribution in [3.8, 4) is 0 Å². The molecule has 0 aliphatic rings. The molecule has 21 heavy (non-hydrogen) atoms. The minimum Gasteiger partial charge on any atom is -0.398 e. The lowest BCUT2D eigenvalue weighted by Crippen LogP contribution is -2.15. The van der Waals surface area contributed by atoms with Gasteiger partial charge in [0, 0.05) is 5.38 Å². The Morgan fingerprint density at radius 3 is 2.67 bits per heavy atom. The lowest BCUT2D eigenvalue weighted by atomic mass is 10.2. The largest absolute Gasteiger partial charge is 0.398 e. The van der Waals surface area contributed by atoms with Crippen LogP contribution in [0.4, 0.5) is 15.2 Å². The number of hydrogen-bond donors (Lipinski definition) is 2. The van der Waals surface area contributed by atoms with E-state index >= 15 is 0 Å². The molecule has 114 valence electrons. The Hall–Kier alpha value is -1.19. The van der Waals surface area contributed by atoms with Gasteiger partial charge in [0.25, 0.3) is 10.0 Å². The molecule has 0 atom stereocenters. The molecule has 1 aromatic heterocycles. The third kappa shape index (κ3) is 3.53. The number of nitrogens with two attached hydrogens (primary N) is 1. The molecule has 0 fully saturated rings. The van der Waals surface area contributed by atoms with E-state index in [4.69, 9.17) is 5.73 Å². The lowest BCUT2D eigenvalue weighted by Gasteiger charge is -2.09. The first-order chi connectivity index (χ1) is 9.70. The summed E-state index contributed by atoms with van der Waals surface area (Å²) in [6.45, 7) is 3.92. The summed E-state index contributed by atoms with van der Waals surface area (Å²) < 4.78 is 40.3. The van der Waals surface area contributed by atoms with Crippen molar-refractivity contribution >= 4 is 48.1 Å². The maximum Gasteiger partial charge on any atom is 0.265 e. The number of thiazole rings is 1. The second-order valence-corrected chi connectivity index (χ2v) is 8.01.